The van der Waals surface area contributed by atoms with E-state index in [4.69, 9.17) is 11.6 Å². The lowest BCUT2D eigenvalue weighted by molar-refractivity contribution is 0.0687. The third-order valence-corrected chi connectivity index (χ3v) is 5.98. The van der Waals surface area contributed by atoms with E-state index < -0.39 is 17.5 Å². The van der Waals surface area contributed by atoms with E-state index in [9.17, 15) is 9.50 Å². The van der Waals surface area contributed by atoms with Gasteiger partial charge in [-0.2, -0.15) is 0 Å². The van der Waals surface area contributed by atoms with Gasteiger partial charge in [-0.3, -0.25) is 4.98 Å². The first-order valence-corrected chi connectivity index (χ1v) is 11.3. The molecule has 0 aliphatic rings. The van der Waals surface area contributed by atoms with Crippen molar-refractivity contribution in [3.05, 3.63) is 81.4 Å². The van der Waals surface area contributed by atoms with Gasteiger partial charge in [-0.05, 0) is 56.7 Å². The lowest BCUT2D eigenvalue weighted by Gasteiger charge is -2.20. The first-order valence-electron chi connectivity index (χ1n) is 10.1. The minimum Gasteiger partial charge on any atom is -0.382 e. The normalized spacial score (nSPS) is 12.7. The van der Waals surface area contributed by atoms with Gasteiger partial charge < -0.3 is 10.4 Å². The Balaban J connectivity index is 1.80. The summed E-state index contributed by atoms with van der Waals surface area (Å²) in [6.07, 6.45) is 4.40. The molecule has 1 unspecified atom stereocenters. The summed E-state index contributed by atoms with van der Waals surface area (Å²) < 4.78 is 30.2. The minimum atomic E-state index is -1.19. The Morgan fingerprint density at radius 3 is 2.36 bits per heavy atom. The first-order chi connectivity index (χ1) is 15.5. The van der Waals surface area contributed by atoms with Gasteiger partial charge in [0.1, 0.15) is 22.8 Å². The van der Waals surface area contributed by atoms with Crippen LogP contribution in [0.3, 0.4) is 0 Å². The largest absolute Gasteiger partial charge is 0.382 e. The number of hydrogen-bond acceptors (Lipinski definition) is 5. The lowest BCUT2D eigenvalue weighted by atomic mass is 10.0. The molecule has 0 aliphatic carbocycles. The van der Waals surface area contributed by atoms with Gasteiger partial charge in [0.2, 0.25) is 0 Å². The maximum Gasteiger partial charge on any atom is 0.159 e. The molecule has 0 radical (unpaired) electrons. The highest BCUT2D eigenvalue weighted by Crippen LogP contribution is 2.37. The van der Waals surface area contributed by atoms with Crippen LogP contribution < -0.4 is 5.32 Å². The van der Waals surface area contributed by atoms with Gasteiger partial charge >= 0.3 is 0 Å². The Morgan fingerprint density at radius 1 is 1.00 bits per heavy atom. The van der Waals surface area contributed by atoms with Gasteiger partial charge in [-0.1, -0.05) is 27.5 Å². The summed E-state index contributed by atoms with van der Waals surface area (Å²) in [6, 6.07) is 7.27. The Kier molecular flexibility index (Phi) is 6.35. The van der Waals surface area contributed by atoms with Crippen molar-refractivity contribution in [3.8, 4) is 11.1 Å². The fourth-order valence-electron chi connectivity index (χ4n) is 3.48. The molecule has 2 heterocycles. The van der Waals surface area contributed by atoms with Crippen molar-refractivity contribution in [3.63, 3.8) is 0 Å². The number of benzene rings is 2. The van der Waals surface area contributed by atoms with Crippen molar-refractivity contribution in [2.75, 3.05) is 5.32 Å². The number of pyridine rings is 1. The molecule has 0 bridgehead atoms. The van der Waals surface area contributed by atoms with Crippen LogP contribution in [-0.4, -0.2) is 20.1 Å². The number of nitrogens with zero attached hydrogens (tertiary/aromatic N) is 3. The summed E-state index contributed by atoms with van der Waals surface area (Å²) in [6.45, 7) is 4.95. The van der Waals surface area contributed by atoms with Crippen molar-refractivity contribution in [2.24, 2.45) is 0 Å². The topological polar surface area (TPSA) is 70.9 Å². The smallest absolute Gasteiger partial charge is 0.159 e. The zero-order valence-corrected chi connectivity index (χ0v) is 20.3. The van der Waals surface area contributed by atoms with E-state index in [1.54, 1.807) is 39.0 Å². The van der Waals surface area contributed by atoms with Crippen molar-refractivity contribution in [1.29, 1.82) is 0 Å². The second-order valence-corrected chi connectivity index (χ2v) is 9.54. The molecule has 2 N–H and O–H groups in total. The molecule has 1 atom stereocenters. The molecule has 0 spiro atoms. The fourth-order valence-corrected chi connectivity index (χ4v) is 4.07. The van der Waals surface area contributed by atoms with Gasteiger partial charge in [0.25, 0.3) is 0 Å². The van der Waals surface area contributed by atoms with E-state index in [1.165, 1.54) is 30.7 Å². The molecule has 5 nitrogen and oxygen atoms in total. The third-order valence-electron chi connectivity index (χ3n) is 5.20. The molecule has 0 saturated carbocycles. The molecular weight excluding hydrogens is 514 g/mol. The van der Waals surface area contributed by atoms with E-state index in [-0.39, 0.29) is 22.2 Å². The van der Waals surface area contributed by atoms with Crippen LogP contribution >= 0.6 is 27.5 Å². The molecular formula is C24H20BrClF2N4O. The molecule has 4 aromatic rings. The zero-order valence-electron chi connectivity index (χ0n) is 18.0. The number of aliphatic hydroxyl groups is 1. The molecule has 0 amide bonds. The van der Waals surface area contributed by atoms with Gasteiger partial charge in [-0.25, -0.2) is 18.7 Å². The van der Waals surface area contributed by atoms with Gasteiger partial charge in [-0.15, -0.1) is 0 Å². The van der Waals surface area contributed by atoms with Crippen molar-refractivity contribution in [2.45, 2.75) is 32.4 Å². The van der Waals surface area contributed by atoms with Gasteiger partial charge in [0.05, 0.1) is 16.8 Å². The molecule has 0 aliphatic heterocycles. The average molecular weight is 534 g/mol. The number of hydrogen-bond donors (Lipinski definition) is 2. The Hall–Kier alpha value is -2.68. The summed E-state index contributed by atoms with van der Waals surface area (Å²) >= 11 is 9.78. The SMILES string of the molecule is CC(Nc1c(Cl)cnc2c(F)cc(-c3cnc(C(C)(C)O)nc3)cc12)c1cc(Br)ccc1F. The predicted octanol–water partition coefficient (Wildman–Crippen LogP) is 6.79. The minimum absolute atomic E-state index is 0.126. The fraction of sp³-hybridized carbons (Fsp3) is 0.208. The van der Waals surface area contributed by atoms with Crippen molar-refractivity contribution < 1.29 is 13.9 Å². The summed E-state index contributed by atoms with van der Waals surface area (Å²) in [7, 11) is 0. The van der Waals surface area contributed by atoms with Crippen LogP contribution in [0.15, 0.2) is 53.4 Å². The number of fused-ring (bicyclic) bond motifs is 1. The molecule has 0 fully saturated rings. The highest BCUT2D eigenvalue weighted by molar-refractivity contribution is 9.10. The molecule has 2 aromatic heterocycles. The monoisotopic (exact) mass is 532 g/mol. The van der Waals surface area contributed by atoms with Crippen LogP contribution in [0.25, 0.3) is 22.0 Å². The molecule has 4 rings (SSSR count). The number of aromatic nitrogens is 3. The van der Waals surface area contributed by atoms with E-state index in [1.807, 2.05) is 0 Å². The van der Waals surface area contributed by atoms with Gasteiger partial charge in [0.15, 0.2) is 5.82 Å². The van der Waals surface area contributed by atoms with Crippen LogP contribution in [0.5, 0.6) is 0 Å². The van der Waals surface area contributed by atoms with Crippen LogP contribution in [0.2, 0.25) is 5.02 Å². The molecule has 9 heteroatoms. The molecule has 170 valence electrons. The molecule has 33 heavy (non-hydrogen) atoms. The predicted molar refractivity (Wildman–Crippen MR) is 129 cm³/mol. The highest BCUT2D eigenvalue weighted by Gasteiger charge is 2.20. The maximum absolute atomic E-state index is 15.0. The Morgan fingerprint density at radius 2 is 1.70 bits per heavy atom. The average Bonchev–Trinajstić information content (AvgIpc) is 2.76. The number of anilines is 1. The summed E-state index contributed by atoms with van der Waals surface area (Å²) in [5.74, 6) is -0.664. The van der Waals surface area contributed by atoms with E-state index in [0.717, 1.165) is 4.47 Å². The molecule has 2 aromatic carbocycles. The Bertz CT molecular complexity index is 1340. The second-order valence-electron chi connectivity index (χ2n) is 8.22. The third kappa shape index (κ3) is 4.83. The summed E-state index contributed by atoms with van der Waals surface area (Å²) in [5.41, 5.74) is 0.860. The maximum atomic E-state index is 15.0. The van der Waals surface area contributed by atoms with Crippen LogP contribution in [-0.2, 0) is 5.60 Å². The second kappa shape index (κ2) is 8.93. The quantitative estimate of drug-likeness (QED) is 0.296. The van der Waals surface area contributed by atoms with Crippen molar-refractivity contribution >= 4 is 44.1 Å². The lowest BCUT2D eigenvalue weighted by Crippen LogP contribution is -2.19. The standard InChI is InChI=1S/C24H20BrClF2N4O/c1-12(16-8-15(25)4-5-19(16)27)32-21-17-6-13(7-20(28)22(17)29-11-18(21)26)14-9-30-23(31-10-14)24(2,3)33/h4-12,33H,1-3H3,(H,29,32). The summed E-state index contributed by atoms with van der Waals surface area (Å²) in [5, 5.41) is 14.0. The summed E-state index contributed by atoms with van der Waals surface area (Å²) in [4.78, 5) is 12.5. The van der Waals surface area contributed by atoms with Crippen molar-refractivity contribution in [1.82, 2.24) is 15.0 Å². The number of nitrogens with one attached hydrogen (secondary N) is 1. The molecule has 0 saturated heterocycles. The van der Waals surface area contributed by atoms with Crippen LogP contribution in [0, 0.1) is 11.6 Å². The number of halogens is 4. The van der Waals surface area contributed by atoms with Gasteiger partial charge in [0, 0.05) is 39.6 Å². The van der Waals surface area contributed by atoms with Crippen LogP contribution in [0.1, 0.15) is 38.2 Å². The van der Waals surface area contributed by atoms with Crippen LogP contribution in [0.4, 0.5) is 14.5 Å². The zero-order chi connectivity index (χ0) is 23.9. The van der Waals surface area contributed by atoms with E-state index >= 15 is 4.39 Å². The Labute approximate surface area is 203 Å². The van der Waals surface area contributed by atoms with E-state index in [2.05, 4.69) is 36.2 Å². The first kappa shape index (κ1) is 23.5. The van der Waals surface area contributed by atoms with E-state index in [0.29, 0.717) is 27.8 Å². The number of rotatable bonds is 5. The highest BCUT2D eigenvalue weighted by atomic mass is 79.9.